The maximum absolute atomic E-state index is 3.31. The lowest BCUT2D eigenvalue weighted by molar-refractivity contribution is 0.207. The van der Waals surface area contributed by atoms with Crippen LogP contribution >= 0.6 is 11.3 Å². The van der Waals surface area contributed by atoms with E-state index in [1.807, 2.05) is 18.4 Å². The van der Waals surface area contributed by atoms with Gasteiger partial charge in [-0.25, -0.2) is 0 Å². The molecular weight excluding hydrogens is 216 g/mol. The van der Waals surface area contributed by atoms with E-state index in [9.17, 15) is 0 Å². The minimum Gasteiger partial charge on any atom is -0.319 e. The first kappa shape index (κ1) is 13.7. The molecule has 16 heavy (non-hydrogen) atoms. The topological polar surface area (TPSA) is 15.3 Å². The second kappa shape index (κ2) is 6.38. The van der Waals surface area contributed by atoms with E-state index in [1.165, 1.54) is 16.9 Å². The lowest BCUT2D eigenvalue weighted by Crippen LogP contribution is -2.32. The molecule has 0 bridgehead atoms. The highest BCUT2D eigenvalue weighted by Crippen LogP contribution is 2.34. The molecule has 1 aromatic rings. The maximum atomic E-state index is 3.31. The zero-order valence-electron chi connectivity index (χ0n) is 11.1. The molecule has 2 nitrogen and oxygen atoms in total. The smallest absolute Gasteiger partial charge is 0.0478 e. The molecule has 0 fully saturated rings. The zero-order valence-corrected chi connectivity index (χ0v) is 11.9. The van der Waals surface area contributed by atoms with E-state index in [2.05, 4.69) is 49.6 Å². The van der Waals surface area contributed by atoms with Crippen molar-refractivity contribution in [3.63, 3.8) is 0 Å². The molecule has 2 unspecified atom stereocenters. The van der Waals surface area contributed by atoms with Crippen molar-refractivity contribution < 1.29 is 0 Å². The molecule has 0 saturated carbocycles. The molecule has 0 aliphatic heterocycles. The highest BCUT2D eigenvalue weighted by molar-refractivity contribution is 7.10. The summed E-state index contributed by atoms with van der Waals surface area (Å²) in [4.78, 5) is 3.87. The van der Waals surface area contributed by atoms with E-state index in [1.54, 1.807) is 0 Å². The number of nitrogens with one attached hydrogen (secondary N) is 1. The van der Waals surface area contributed by atoms with Crippen LogP contribution in [0.15, 0.2) is 11.4 Å². The Balaban J connectivity index is 2.94. The summed E-state index contributed by atoms with van der Waals surface area (Å²) in [5.41, 5.74) is 1.43. The summed E-state index contributed by atoms with van der Waals surface area (Å²) < 4.78 is 0. The summed E-state index contributed by atoms with van der Waals surface area (Å²) >= 11 is 1.89. The van der Waals surface area contributed by atoms with Crippen LogP contribution in [0.4, 0.5) is 0 Å². The molecule has 0 aromatic carbocycles. The Bertz CT molecular complexity index is 307. The van der Waals surface area contributed by atoms with E-state index in [0.29, 0.717) is 12.0 Å². The fourth-order valence-corrected chi connectivity index (χ4v) is 3.51. The normalized spacial score (nSPS) is 15.4. The number of thiophene rings is 1. The van der Waals surface area contributed by atoms with Crippen LogP contribution in [0.1, 0.15) is 29.8 Å². The van der Waals surface area contributed by atoms with Gasteiger partial charge >= 0.3 is 0 Å². The van der Waals surface area contributed by atoms with Crippen molar-refractivity contribution >= 4 is 11.3 Å². The Morgan fingerprint density at radius 1 is 1.44 bits per heavy atom. The van der Waals surface area contributed by atoms with Gasteiger partial charge in [0.25, 0.3) is 0 Å². The van der Waals surface area contributed by atoms with Gasteiger partial charge in [0.2, 0.25) is 0 Å². The largest absolute Gasteiger partial charge is 0.319 e. The first-order valence-corrected chi connectivity index (χ1v) is 6.84. The number of aryl methyl sites for hydroxylation is 1. The first-order valence-electron chi connectivity index (χ1n) is 5.96. The quantitative estimate of drug-likeness (QED) is 0.822. The van der Waals surface area contributed by atoms with Gasteiger partial charge in [0.15, 0.2) is 0 Å². The van der Waals surface area contributed by atoms with Crippen LogP contribution in [0.3, 0.4) is 0 Å². The number of hydrogen-bond donors (Lipinski definition) is 1. The number of hydrogen-bond acceptors (Lipinski definition) is 3. The van der Waals surface area contributed by atoms with Crippen molar-refractivity contribution in [3.05, 3.63) is 21.9 Å². The predicted molar refractivity (Wildman–Crippen MR) is 73.2 cm³/mol. The standard InChI is InChI=1S/C13H24N2S/c1-6-11(9-14-3)12(15(4)5)13-10(2)7-8-16-13/h7-8,11-12,14H,6,9H2,1-5H3. The van der Waals surface area contributed by atoms with Crippen molar-refractivity contribution in [2.45, 2.75) is 26.3 Å². The van der Waals surface area contributed by atoms with Gasteiger partial charge < -0.3 is 10.2 Å². The van der Waals surface area contributed by atoms with Crippen LogP contribution in [-0.4, -0.2) is 32.6 Å². The van der Waals surface area contributed by atoms with Crippen LogP contribution in [-0.2, 0) is 0 Å². The molecule has 3 heteroatoms. The third kappa shape index (κ3) is 3.06. The maximum Gasteiger partial charge on any atom is 0.0478 e. The van der Waals surface area contributed by atoms with Crippen LogP contribution in [0.2, 0.25) is 0 Å². The summed E-state index contributed by atoms with van der Waals surface area (Å²) in [5.74, 6) is 0.678. The highest BCUT2D eigenvalue weighted by atomic mass is 32.1. The second-order valence-electron chi connectivity index (χ2n) is 4.60. The van der Waals surface area contributed by atoms with Crippen molar-refractivity contribution in [2.24, 2.45) is 5.92 Å². The predicted octanol–water partition coefficient (Wildman–Crippen LogP) is 2.90. The van der Waals surface area contributed by atoms with Gasteiger partial charge in [-0.3, -0.25) is 0 Å². The van der Waals surface area contributed by atoms with Crippen molar-refractivity contribution in [2.75, 3.05) is 27.7 Å². The van der Waals surface area contributed by atoms with Crippen LogP contribution < -0.4 is 5.32 Å². The average molecular weight is 240 g/mol. The number of nitrogens with zero attached hydrogens (tertiary/aromatic N) is 1. The van der Waals surface area contributed by atoms with E-state index in [4.69, 9.17) is 0 Å². The van der Waals surface area contributed by atoms with E-state index in [0.717, 1.165) is 6.54 Å². The molecule has 0 spiro atoms. The summed E-state index contributed by atoms with van der Waals surface area (Å²) in [6.45, 7) is 5.58. The molecule has 0 saturated heterocycles. The van der Waals surface area contributed by atoms with Crippen molar-refractivity contribution in [1.29, 1.82) is 0 Å². The molecule has 1 aromatic heterocycles. The van der Waals surface area contributed by atoms with Gasteiger partial charge in [-0.15, -0.1) is 11.3 Å². The minimum atomic E-state index is 0.539. The van der Waals surface area contributed by atoms with E-state index < -0.39 is 0 Å². The Morgan fingerprint density at radius 2 is 2.12 bits per heavy atom. The molecule has 0 aliphatic rings. The van der Waals surface area contributed by atoms with Gasteiger partial charge in [-0.1, -0.05) is 13.3 Å². The summed E-state index contributed by atoms with van der Waals surface area (Å²) in [5, 5.41) is 5.52. The molecule has 0 aliphatic carbocycles. The highest BCUT2D eigenvalue weighted by Gasteiger charge is 2.25. The average Bonchev–Trinajstić information content (AvgIpc) is 2.63. The zero-order chi connectivity index (χ0) is 12.1. The minimum absolute atomic E-state index is 0.539. The molecule has 92 valence electrons. The Morgan fingerprint density at radius 3 is 2.50 bits per heavy atom. The second-order valence-corrected chi connectivity index (χ2v) is 5.55. The van der Waals surface area contributed by atoms with Crippen LogP contribution in [0.25, 0.3) is 0 Å². The molecule has 0 amide bonds. The lowest BCUT2D eigenvalue weighted by Gasteiger charge is -2.31. The number of rotatable bonds is 6. The van der Waals surface area contributed by atoms with Crippen molar-refractivity contribution in [1.82, 2.24) is 10.2 Å². The summed E-state index contributed by atoms with van der Waals surface area (Å²) in [6.07, 6.45) is 1.21. The van der Waals surface area contributed by atoms with Crippen LogP contribution in [0.5, 0.6) is 0 Å². The summed E-state index contributed by atoms with van der Waals surface area (Å²) in [6, 6.07) is 2.76. The molecule has 0 radical (unpaired) electrons. The van der Waals surface area contributed by atoms with Gasteiger partial charge in [-0.05, 0) is 57.5 Å². The van der Waals surface area contributed by atoms with Crippen LogP contribution in [0, 0.1) is 12.8 Å². The summed E-state index contributed by atoms with van der Waals surface area (Å²) in [7, 11) is 6.40. The SMILES string of the molecule is CCC(CNC)C(c1sccc1C)N(C)C. The van der Waals surface area contributed by atoms with Gasteiger partial charge in [0.05, 0.1) is 0 Å². The Hall–Kier alpha value is -0.380. The fraction of sp³-hybridized carbons (Fsp3) is 0.692. The van der Waals surface area contributed by atoms with E-state index >= 15 is 0 Å². The Labute approximate surface area is 104 Å². The lowest BCUT2D eigenvalue weighted by atomic mass is 9.93. The van der Waals surface area contributed by atoms with Gasteiger partial charge in [0, 0.05) is 10.9 Å². The first-order chi connectivity index (χ1) is 7.61. The fourth-order valence-electron chi connectivity index (χ4n) is 2.30. The molecule has 2 atom stereocenters. The molecule has 1 heterocycles. The molecular formula is C13H24N2S. The molecule has 1 N–H and O–H groups in total. The van der Waals surface area contributed by atoms with Crippen molar-refractivity contribution in [3.8, 4) is 0 Å². The molecule has 1 rings (SSSR count). The monoisotopic (exact) mass is 240 g/mol. The van der Waals surface area contributed by atoms with E-state index in [-0.39, 0.29) is 0 Å². The van der Waals surface area contributed by atoms with Gasteiger partial charge in [0.1, 0.15) is 0 Å². The van der Waals surface area contributed by atoms with Gasteiger partial charge in [-0.2, -0.15) is 0 Å². The Kier molecular flexibility index (Phi) is 5.46. The third-order valence-corrected chi connectivity index (χ3v) is 4.25. The third-order valence-electron chi connectivity index (χ3n) is 3.16.